The molecular formula is C9H5Cl3N4. The first kappa shape index (κ1) is 11.4. The second-order valence-corrected chi connectivity index (χ2v) is 4.08. The van der Waals surface area contributed by atoms with Crippen LogP contribution in [-0.4, -0.2) is 15.0 Å². The molecule has 0 atom stereocenters. The van der Waals surface area contributed by atoms with Gasteiger partial charge in [-0.25, -0.2) is 15.0 Å². The van der Waals surface area contributed by atoms with Crippen LogP contribution in [-0.2, 0) is 0 Å². The zero-order valence-corrected chi connectivity index (χ0v) is 10.1. The molecule has 2 rings (SSSR count). The van der Waals surface area contributed by atoms with Crippen molar-refractivity contribution >= 4 is 40.8 Å². The molecule has 0 aliphatic carbocycles. The molecule has 0 unspecified atom stereocenters. The monoisotopic (exact) mass is 274 g/mol. The van der Waals surface area contributed by atoms with Gasteiger partial charge < -0.3 is 5.73 Å². The van der Waals surface area contributed by atoms with Crippen LogP contribution in [0.15, 0.2) is 18.3 Å². The summed E-state index contributed by atoms with van der Waals surface area (Å²) >= 11 is 17.3. The number of halogens is 3. The van der Waals surface area contributed by atoms with E-state index in [-0.39, 0.29) is 16.3 Å². The summed E-state index contributed by atoms with van der Waals surface area (Å²) in [6, 6.07) is 3.20. The van der Waals surface area contributed by atoms with Crippen LogP contribution < -0.4 is 5.73 Å². The van der Waals surface area contributed by atoms with Gasteiger partial charge in [-0.2, -0.15) is 0 Å². The molecule has 0 aliphatic rings. The van der Waals surface area contributed by atoms with Crippen LogP contribution in [0.3, 0.4) is 0 Å². The van der Waals surface area contributed by atoms with Gasteiger partial charge in [0.25, 0.3) is 0 Å². The molecule has 0 fully saturated rings. The Morgan fingerprint density at radius 3 is 2.44 bits per heavy atom. The van der Waals surface area contributed by atoms with Gasteiger partial charge in [-0.3, -0.25) is 0 Å². The Labute approximate surface area is 106 Å². The maximum Gasteiger partial charge on any atom is 0.221 e. The van der Waals surface area contributed by atoms with Gasteiger partial charge in [0, 0.05) is 17.8 Å². The molecule has 0 amide bonds. The Balaban J connectivity index is 2.54. The van der Waals surface area contributed by atoms with Crippen molar-refractivity contribution in [3.8, 4) is 11.3 Å². The number of hydrogen-bond donors (Lipinski definition) is 1. The van der Waals surface area contributed by atoms with Gasteiger partial charge >= 0.3 is 0 Å². The van der Waals surface area contributed by atoms with Crippen LogP contribution in [0.25, 0.3) is 11.3 Å². The summed E-state index contributed by atoms with van der Waals surface area (Å²) in [5.74, 6) is 0.0913. The SMILES string of the molecule is Nc1nc(Cl)cc(-c2cnc(Cl)c(Cl)c2)n1. The molecule has 0 saturated carbocycles. The smallest absolute Gasteiger partial charge is 0.221 e. The van der Waals surface area contributed by atoms with E-state index in [1.165, 1.54) is 6.20 Å². The highest BCUT2D eigenvalue weighted by molar-refractivity contribution is 6.41. The molecule has 16 heavy (non-hydrogen) atoms. The highest BCUT2D eigenvalue weighted by Gasteiger charge is 2.07. The van der Waals surface area contributed by atoms with E-state index >= 15 is 0 Å². The highest BCUT2D eigenvalue weighted by Crippen LogP contribution is 2.26. The molecule has 2 heterocycles. The number of rotatable bonds is 1. The number of nitrogens with two attached hydrogens (primary N) is 1. The summed E-state index contributed by atoms with van der Waals surface area (Å²) in [4.78, 5) is 11.7. The second kappa shape index (κ2) is 4.41. The predicted octanol–water partition coefficient (Wildman–Crippen LogP) is 3.08. The van der Waals surface area contributed by atoms with E-state index in [0.717, 1.165) is 0 Å². The molecule has 0 aliphatic heterocycles. The number of nitrogens with zero attached hydrogens (tertiary/aromatic N) is 3. The maximum atomic E-state index is 5.84. The van der Waals surface area contributed by atoms with E-state index in [9.17, 15) is 0 Å². The summed E-state index contributed by atoms with van der Waals surface area (Å²) in [5, 5.41) is 0.833. The predicted molar refractivity (Wildman–Crippen MR) is 64.7 cm³/mol. The van der Waals surface area contributed by atoms with Crippen LogP contribution in [0, 0.1) is 0 Å². The molecule has 0 aromatic carbocycles. The third kappa shape index (κ3) is 2.35. The minimum atomic E-state index is 0.0913. The Morgan fingerprint density at radius 1 is 1.06 bits per heavy atom. The molecule has 82 valence electrons. The summed E-state index contributed by atoms with van der Waals surface area (Å²) in [7, 11) is 0. The van der Waals surface area contributed by atoms with Crippen molar-refractivity contribution in [3.05, 3.63) is 33.7 Å². The molecule has 0 spiro atoms. The normalized spacial score (nSPS) is 10.4. The van der Waals surface area contributed by atoms with Crippen molar-refractivity contribution in [1.82, 2.24) is 15.0 Å². The summed E-state index contributed by atoms with van der Waals surface area (Å²) < 4.78 is 0. The van der Waals surface area contributed by atoms with E-state index < -0.39 is 0 Å². The van der Waals surface area contributed by atoms with Crippen molar-refractivity contribution in [2.75, 3.05) is 5.73 Å². The lowest BCUT2D eigenvalue weighted by atomic mass is 10.2. The molecular weight excluding hydrogens is 270 g/mol. The molecule has 2 aromatic rings. The number of pyridine rings is 1. The van der Waals surface area contributed by atoms with Crippen LogP contribution >= 0.6 is 34.8 Å². The van der Waals surface area contributed by atoms with Crippen molar-refractivity contribution in [3.63, 3.8) is 0 Å². The van der Waals surface area contributed by atoms with Gasteiger partial charge in [0.05, 0.1) is 10.7 Å². The first-order valence-corrected chi connectivity index (χ1v) is 5.31. The van der Waals surface area contributed by atoms with E-state index in [4.69, 9.17) is 40.5 Å². The number of aromatic nitrogens is 3. The molecule has 0 bridgehead atoms. The van der Waals surface area contributed by atoms with Gasteiger partial charge in [0.1, 0.15) is 10.3 Å². The Bertz CT molecular complexity index is 524. The number of nitrogen functional groups attached to an aromatic ring is 1. The Kier molecular flexibility index (Phi) is 3.14. The van der Waals surface area contributed by atoms with Crippen LogP contribution in [0.5, 0.6) is 0 Å². The van der Waals surface area contributed by atoms with E-state index in [1.54, 1.807) is 12.1 Å². The van der Waals surface area contributed by atoms with Crippen LogP contribution in [0.2, 0.25) is 15.3 Å². The van der Waals surface area contributed by atoms with Crippen molar-refractivity contribution in [2.24, 2.45) is 0 Å². The quantitative estimate of drug-likeness (QED) is 0.641. The first-order chi connectivity index (χ1) is 7.56. The lowest BCUT2D eigenvalue weighted by Gasteiger charge is -2.03. The Morgan fingerprint density at radius 2 is 1.81 bits per heavy atom. The number of hydrogen-bond acceptors (Lipinski definition) is 4. The zero-order chi connectivity index (χ0) is 11.7. The minimum absolute atomic E-state index is 0.0913. The zero-order valence-electron chi connectivity index (χ0n) is 7.78. The average Bonchev–Trinajstić information content (AvgIpc) is 2.20. The largest absolute Gasteiger partial charge is 0.368 e. The third-order valence-electron chi connectivity index (χ3n) is 1.80. The van der Waals surface area contributed by atoms with Gasteiger partial charge in [-0.15, -0.1) is 0 Å². The Hall–Kier alpha value is -1.10. The van der Waals surface area contributed by atoms with E-state index in [1.807, 2.05) is 0 Å². The molecule has 4 nitrogen and oxygen atoms in total. The molecule has 2 aromatic heterocycles. The molecule has 0 radical (unpaired) electrons. The molecule has 2 N–H and O–H groups in total. The maximum absolute atomic E-state index is 5.84. The third-order valence-corrected chi connectivity index (χ3v) is 2.68. The fourth-order valence-electron chi connectivity index (χ4n) is 1.14. The topological polar surface area (TPSA) is 64.7 Å². The summed E-state index contributed by atoms with van der Waals surface area (Å²) in [6.45, 7) is 0. The number of anilines is 1. The fourth-order valence-corrected chi connectivity index (χ4v) is 1.60. The van der Waals surface area contributed by atoms with Crippen LogP contribution in [0.1, 0.15) is 0 Å². The van der Waals surface area contributed by atoms with E-state index in [2.05, 4.69) is 15.0 Å². The van der Waals surface area contributed by atoms with Gasteiger partial charge in [0.2, 0.25) is 5.95 Å². The van der Waals surface area contributed by atoms with Gasteiger partial charge in [-0.1, -0.05) is 34.8 Å². The standard InChI is InChI=1S/C9H5Cl3N4/c10-5-1-4(3-14-8(5)12)6-2-7(11)16-9(13)15-6/h1-3H,(H2,13,15,16). The minimum Gasteiger partial charge on any atom is -0.368 e. The lowest BCUT2D eigenvalue weighted by Crippen LogP contribution is -1.96. The first-order valence-electron chi connectivity index (χ1n) is 4.18. The lowest BCUT2D eigenvalue weighted by molar-refractivity contribution is 1.18. The fraction of sp³-hybridized carbons (Fsp3) is 0. The highest BCUT2D eigenvalue weighted by atomic mass is 35.5. The second-order valence-electron chi connectivity index (χ2n) is 2.93. The molecule has 0 saturated heterocycles. The van der Waals surface area contributed by atoms with Crippen molar-refractivity contribution in [1.29, 1.82) is 0 Å². The van der Waals surface area contributed by atoms with Gasteiger partial charge in [-0.05, 0) is 6.07 Å². The van der Waals surface area contributed by atoms with E-state index in [0.29, 0.717) is 16.3 Å². The summed E-state index contributed by atoms with van der Waals surface area (Å²) in [6.07, 6.45) is 1.53. The van der Waals surface area contributed by atoms with Crippen molar-refractivity contribution < 1.29 is 0 Å². The van der Waals surface area contributed by atoms with Crippen LogP contribution in [0.4, 0.5) is 5.95 Å². The van der Waals surface area contributed by atoms with Gasteiger partial charge in [0.15, 0.2) is 0 Å². The average molecular weight is 276 g/mol. The molecule has 7 heteroatoms. The van der Waals surface area contributed by atoms with Crippen molar-refractivity contribution in [2.45, 2.75) is 0 Å². The summed E-state index contributed by atoms with van der Waals surface area (Å²) in [5.41, 5.74) is 6.70.